The summed E-state index contributed by atoms with van der Waals surface area (Å²) in [6.07, 6.45) is 4.02. The van der Waals surface area contributed by atoms with Crippen molar-refractivity contribution in [3.05, 3.63) is 107 Å². The van der Waals surface area contributed by atoms with Gasteiger partial charge in [-0.05, 0) is 66.2 Å². The number of anilines is 2. The third-order valence-corrected chi connectivity index (χ3v) is 9.44. The molecule has 47 heavy (non-hydrogen) atoms. The summed E-state index contributed by atoms with van der Waals surface area (Å²) in [6, 6.07) is 17.8. The van der Waals surface area contributed by atoms with E-state index in [0.717, 1.165) is 42.0 Å². The minimum Gasteiger partial charge on any atom is -0.444 e. The summed E-state index contributed by atoms with van der Waals surface area (Å²) in [5, 5.41) is 3.31. The van der Waals surface area contributed by atoms with Crippen LogP contribution in [0.2, 0.25) is 0 Å². The molecule has 5 rings (SSSR count). The summed E-state index contributed by atoms with van der Waals surface area (Å²) >= 11 is 1.98. The number of aryl methyl sites for hydroxylation is 1. The lowest BCUT2D eigenvalue weighted by Crippen LogP contribution is -2.15. The maximum atomic E-state index is 16.0. The van der Waals surface area contributed by atoms with Crippen molar-refractivity contribution in [2.75, 3.05) is 10.0 Å². The fourth-order valence-electron chi connectivity index (χ4n) is 4.48. The fraction of sp³-hybridized carbons (Fsp3) is 0.257. The number of halogens is 3. The van der Waals surface area contributed by atoms with Gasteiger partial charge >= 0.3 is 6.09 Å². The van der Waals surface area contributed by atoms with Crippen LogP contribution >= 0.6 is 23.3 Å². The third-order valence-electron chi connectivity index (χ3n) is 7.02. The molecule has 0 atom stereocenters. The third kappa shape index (κ3) is 8.49. The van der Waals surface area contributed by atoms with E-state index in [0.29, 0.717) is 28.2 Å². The first-order valence-electron chi connectivity index (χ1n) is 15.1. The first-order valence-corrected chi connectivity index (χ1v) is 16.7. The second-order valence-corrected chi connectivity index (χ2v) is 13.6. The van der Waals surface area contributed by atoms with Crippen LogP contribution < -0.4 is 10.0 Å². The SMILES string of the molecule is CCCCc1ccc(COC(=O)Nc2nccc(-c3sc(C(C)(C)C)nc3-c3cccc(NSc4c(F)cccc4F)c3F)n2)cc1. The van der Waals surface area contributed by atoms with Gasteiger partial charge < -0.3 is 9.46 Å². The zero-order valence-corrected chi connectivity index (χ0v) is 28.0. The molecule has 2 heterocycles. The van der Waals surface area contributed by atoms with Gasteiger partial charge in [-0.3, -0.25) is 5.32 Å². The summed E-state index contributed by atoms with van der Waals surface area (Å²) in [4.78, 5) is 26.4. The summed E-state index contributed by atoms with van der Waals surface area (Å²) in [5.74, 6) is -2.16. The number of thiazole rings is 1. The molecule has 0 unspecified atom stereocenters. The molecule has 2 aromatic heterocycles. The maximum Gasteiger partial charge on any atom is 0.414 e. The Balaban J connectivity index is 1.37. The van der Waals surface area contributed by atoms with Gasteiger partial charge in [-0.2, -0.15) is 0 Å². The van der Waals surface area contributed by atoms with E-state index in [1.54, 1.807) is 18.2 Å². The zero-order chi connectivity index (χ0) is 33.6. The number of rotatable bonds is 11. The van der Waals surface area contributed by atoms with Crippen LogP contribution in [0.1, 0.15) is 56.7 Å². The van der Waals surface area contributed by atoms with E-state index in [-0.39, 0.29) is 34.1 Å². The minimum atomic E-state index is -0.760. The smallest absolute Gasteiger partial charge is 0.414 e. The molecular formula is C35H34F3N5O2S2. The van der Waals surface area contributed by atoms with Gasteiger partial charge in [0.2, 0.25) is 5.95 Å². The maximum absolute atomic E-state index is 16.0. The summed E-state index contributed by atoms with van der Waals surface area (Å²) in [5.41, 5.74) is 2.67. The van der Waals surface area contributed by atoms with Crippen LogP contribution in [0.5, 0.6) is 0 Å². The van der Waals surface area contributed by atoms with Crippen molar-refractivity contribution in [3.8, 4) is 21.8 Å². The summed E-state index contributed by atoms with van der Waals surface area (Å²) in [6.45, 7) is 8.22. The van der Waals surface area contributed by atoms with E-state index in [9.17, 15) is 13.6 Å². The minimum absolute atomic E-state index is 0.0123. The van der Waals surface area contributed by atoms with Crippen molar-refractivity contribution in [2.45, 2.75) is 63.9 Å². The highest BCUT2D eigenvalue weighted by Gasteiger charge is 2.26. The van der Waals surface area contributed by atoms with Gasteiger partial charge in [0.25, 0.3) is 0 Å². The molecule has 5 aromatic rings. The normalized spacial score (nSPS) is 11.4. The van der Waals surface area contributed by atoms with Crippen LogP contribution in [0, 0.1) is 17.5 Å². The Labute approximate surface area is 280 Å². The predicted molar refractivity (Wildman–Crippen MR) is 182 cm³/mol. The van der Waals surface area contributed by atoms with Crippen molar-refractivity contribution in [1.82, 2.24) is 15.0 Å². The van der Waals surface area contributed by atoms with Crippen molar-refractivity contribution in [2.24, 2.45) is 0 Å². The van der Waals surface area contributed by atoms with E-state index in [1.165, 1.54) is 35.2 Å². The van der Waals surface area contributed by atoms with E-state index in [4.69, 9.17) is 9.72 Å². The van der Waals surface area contributed by atoms with E-state index in [1.807, 2.05) is 45.0 Å². The van der Waals surface area contributed by atoms with Crippen molar-refractivity contribution >= 4 is 41.0 Å². The molecule has 0 spiro atoms. The Kier molecular flexibility index (Phi) is 10.8. The van der Waals surface area contributed by atoms with Gasteiger partial charge in [0.15, 0.2) is 5.82 Å². The molecule has 2 N–H and O–H groups in total. The Hall–Kier alpha value is -4.42. The summed E-state index contributed by atoms with van der Waals surface area (Å²) in [7, 11) is 0. The lowest BCUT2D eigenvalue weighted by Gasteiger charge is -2.13. The molecule has 12 heteroatoms. The second-order valence-electron chi connectivity index (χ2n) is 11.8. The number of nitrogens with one attached hydrogen (secondary N) is 2. The highest BCUT2D eigenvalue weighted by Crippen LogP contribution is 2.42. The highest BCUT2D eigenvalue weighted by atomic mass is 32.2. The zero-order valence-electron chi connectivity index (χ0n) is 26.4. The molecule has 0 saturated carbocycles. The van der Waals surface area contributed by atoms with Gasteiger partial charge in [0.05, 0.1) is 31.9 Å². The average molecular weight is 678 g/mol. The number of aromatic nitrogens is 3. The quantitative estimate of drug-likeness (QED) is 0.135. The molecule has 0 fully saturated rings. The Bertz CT molecular complexity index is 1840. The largest absolute Gasteiger partial charge is 0.444 e. The number of amides is 1. The Morgan fingerprint density at radius 1 is 0.936 bits per heavy atom. The van der Waals surface area contributed by atoms with E-state index in [2.05, 4.69) is 26.9 Å². The Morgan fingerprint density at radius 3 is 2.34 bits per heavy atom. The monoisotopic (exact) mass is 677 g/mol. The molecule has 1 amide bonds. The van der Waals surface area contributed by atoms with Crippen LogP contribution in [0.3, 0.4) is 0 Å². The number of hydrogen-bond acceptors (Lipinski definition) is 8. The van der Waals surface area contributed by atoms with Crippen LogP contribution in [0.15, 0.2) is 77.8 Å². The molecule has 0 bridgehead atoms. The van der Waals surface area contributed by atoms with Crippen molar-refractivity contribution in [1.29, 1.82) is 0 Å². The van der Waals surface area contributed by atoms with E-state index >= 15 is 4.39 Å². The van der Waals surface area contributed by atoms with Gasteiger partial charge in [-0.25, -0.2) is 32.9 Å². The molecule has 0 aliphatic rings. The number of unbranched alkanes of at least 4 members (excludes halogenated alkanes) is 1. The Morgan fingerprint density at radius 2 is 1.64 bits per heavy atom. The second kappa shape index (κ2) is 15.0. The molecule has 244 valence electrons. The van der Waals surface area contributed by atoms with Gasteiger partial charge in [-0.15, -0.1) is 11.3 Å². The molecule has 0 aliphatic heterocycles. The fourth-order valence-corrected chi connectivity index (χ4v) is 6.29. The van der Waals surface area contributed by atoms with Gasteiger partial charge in [0.1, 0.15) is 18.2 Å². The summed E-state index contributed by atoms with van der Waals surface area (Å²) < 4.78 is 52.5. The molecule has 0 radical (unpaired) electrons. The number of benzene rings is 3. The lowest BCUT2D eigenvalue weighted by molar-refractivity contribution is 0.155. The number of carbonyl (C=O) groups is 1. The van der Waals surface area contributed by atoms with Crippen LogP contribution in [0.25, 0.3) is 21.8 Å². The highest BCUT2D eigenvalue weighted by molar-refractivity contribution is 8.00. The first kappa shape index (κ1) is 33.9. The topological polar surface area (TPSA) is 89.0 Å². The van der Waals surface area contributed by atoms with Crippen molar-refractivity contribution < 1.29 is 22.7 Å². The molecular weight excluding hydrogens is 644 g/mol. The molecule has 3 aromatic carbocycles. The molecule has 0 saturated heterocycles. The lowest BCUT2D eigenvalue weighted by atomic mass is 9.98. The number of ether oxygens (including phenoxy) is 1. The van der Waals surface area contributed by atoms with Crippen LogP contribution in [-0.2, 0) is 23.2 Å². The van der Waals surface area contributed by atoms with Crippen LogP contribution in [0.4, 0.5) is 29.6 Å². The average Bonchev–Trinajstić information content (AvgIpc) is 3.50. The molecule has 0 aliphatic carbocycles. The predicted octanol–water partition coefficient (Wildman–Crippen LogP) is 10.2. The number of hydrogen-bond donors (Lipinski definition) is 2. The van der Waals surface area contributed by atoms with Crippen molar-refractivity contribution in [3.63, 3.8) is 0 Å². The number of nitrogens with zero attached hydrogens (tertiary/aromatic N) is 3. The van der Waals surface area contributed by atoms with Gasteiger partial charge in [0, 0.05) is 17.2 Å². The van der Waals surface area contributed by atoms with Gasteiger partial charge in [-0.1, -0.05) is 70.5 Å². The first-order chi connectivity index (χ1) is 22.5. The standard InChI is InChI=1S/C35H34F3N5O2S2/c1-5-6-9-21-14-16-22(17-15-21)20-45-34(44)42-33-39-19-18-27(40-33)31-29(41-32(46-31)35(2,3)4)23-10-7-13-26(28(23)38)43-47-30-24(36)11-8-12-25(30)37/h7-8,10-19,43H,5-6,9,20H2,1-4H3,(H,39,40,42,44). The number of carbonyl (C=O) groups excluding carboxylic acids is 1. The van der Waals surface area contributed by atoms with Crippen LogP contribution in [-0.4, -0.2) is 21.0 Å². The van der Waals surface area contributed by atoms with E-state index < -0.39 is 23.5 Å². The molecule has 7 nitrogen and oxygen atoms in total.